The van der Waals surface area contributed by atoms with Crippen molar-refractivity contribution in [2.24, 2.45) is 0 Å². The molecular weight excluding hydrogens is 353 g/mol. The molecule has 0 fully saturated rings. The van der Waals surface area contributed by atoms with Gasteiger partial charge in [0.05, 0.1) is 16.3 Å². The smallest absolute Gasteiger partial charge is 0.257 e. The fraction of sp³-hybridized carbons (Fsp3) is 0.100. The number of amides is 1. The van der Waals surface area contributed by atoms with Gasteiger partial charge in [-0.25, -0.2) is 9.37 Å². The number of nitrogens with one attached hydrogen (secondary N) is 2. The van der Waals surface area contributed by atoms with E-state index >= 15 is 0 Å². The third-order valence-electron chi connectivity index (χ3n) is 3.81. The molecule has 3 aromatic rings. The number of rotatable bonds is 6. The molecule has 0 aliphatic heterocycles. The van der Waals surface area contributed by atoms with E-state index in [4.69, 9.17) is 11.6 Å². The molecule has 26 heavy (non-hydrogen) atoms. The monoisotopic (exact) mass is 369 g/mol. The average Bonchev–Trinajstić information content (AvgIpc) is 2.66. The molecule has 0 aliphatic rings. The molecule has 0 bridgehead atoms. The quantitative estimate of drug-likeness (QED) is 0.657. The fourth-order valence-corrected chi connectivity index (χ4v) is 2.60. The second-order valence-electron chi connectivity index (χ2n) is 5.63. The molecule has 0 aliphatic carbocycles. The van der Waals surface area contributed by atoms with Crippen molar-refractivity contribution < 1.29 is 9.18 Å². The number of anilines is 2. The molecule has 1 amide bonds. The van der Waals surface area contributed by atoms with Gasteiger partial charge in [-0.05, 0) is 42.3 Å². The average molecular weight is 370 g/mol. The van der Waals surface area contributed by atoms with E-state index in [1.54, 1.807) is 48.5 Å². The Kier molecular flexibility index (Phi) is 5.81. The van der Waals surface area contributed by atoms with Crippen LogP contribution in [0.15, 0.2) is 66.9 Å². The maximum absolute atomic E-state index is 13.6. The molecule has 3 rings (SSSR count). The van der Waals surface area contributed by atoms with Crippen molar-refractivity contribution in [1.29, 1.82) is 0 Å². The normalized spacial score (nSPS) is 10.4. The molecule has 1 heterocycles. The molecule has 6 heteroatoms. The summed E-state index contributed by atoms with van der Waals surface area (Å²) >= 11 is 6.03. The van der Waals surface area contributed by atoms with Crippen LogP contribution in [0.2, 0.25) is 5.02 Å². The highest BCUT2D eigenvalue weighted by atomic mass is 35.5. The van der Waals surface area contributed by atoms with Gasteiger partial charge in [0.1, 0.15) is 11.6 Å². The molecule has 132 valence electrons. The van der Waals surface area contributed by atoms with Crippen molar-refractivity contribution in [3.8, 4) is 0 Å². The second kappa shape index (κ2) is 8.45. The molecule has 1 aromatic heterocycles. The first-order valence-corrected chi connectivity index (χ1v) is 8.50. The topological polar surface area (TPSA) is 54.0 Å². The van der Waals surface area contributed by atoms with Crippen LogP contribution in [0.25, 0.3) is 0 Å². The Morgan fingerprint density at radius 3 is 2.54 bits per heavy atom. The molecule has 4 nitrogen and oxygen atoms in total. The third-order valence-corrected chi connectivity index (χ3v) is 4.14. The zero-order valence-electron chi connectivity index (χ0n) is 13.9. The Morgan fingerprint density at radius 1 is 1.04 bits per heavy atom. The van der Waals surface area contributed by atoms with Crippen molar-refractivity contribution in [3.63, 3.8) is 0 Å². The van der Waals surface area contributed by atoms with Gasteiger partial charge < -0.3 is 10.6 Å². The highest BCUT2D eigenvalue weighted by molar-refractivity contribution is 6.33. The van der Waals surface area contributed by atoms with Crippen LogP contribution in [0.5, 0.6) is 0 Å². The van der Waals surface area contributed by atoms with E-state index in [0.29, 0.717) is 40.6 Å². The zero-order valence-corrected chi connectivity index (χ0v) is 14.6. The number of carbonyl (C=O) groups excluding carboxylic acids is 1. The van der Waals surface area contributed by atoms with Crippen LogP contribution >= 0.6 is 11.6 Å². The van der Waals surface area contributed by atoms with Crippen molar-refractivity contribution in [2.45, 2.75) is 6.42 Å². The van der Waals surface area contributed by atoms with Gasteiger partial charge in [-0.15, -0.1) is 0 Å². The Labute approximate surface area is 156 Å². The Bertz CT molecular complexity index is 900. The number of carbonyl (C=O) groups is 1. The highest BCUT2D eigenvalue weighted by Gasteiger charge is 2.09. The summed E-state index contributed by atoms with van der Waals surface area (Å²) in [5.41, 5.74) is 1.62. The van der Waals surface area contributed by atoms with Crippen LogP contribution in [0, 0.1) is 5.82 Å². The van der Waals surface area contributed by atoms with Gasteiger partial charge >= 0.3 is 0 Å². The first-order chi connectivity index (χ1) is 12.6. The van der Waals surface area contributed by atoms with Gasteiger partial charge in [0, 0.05) is 12.7 Å². The number of aromatic nitrogens is 1. The Balaban J connectivity index is 1.55. The number of nitrogens with zero attached hydrogens (tertiary/aromatic N) is 1. The molecule has 0 saturated carbocycles. The minimum absolute atomic E-state index is 0.214. The van der Waals surface area contributed by atoms with Crippen LogP contribution in [-0.4, -0.2) is 17.4 Å². The van der Waals surface area contributed by atoms with Gasteiger partial charge in [0.15, 0.2) is 0 Å². The molecule has 0 spiro atoms. The summed E-state index contributed by atoms with van der Waals surface area (Å²) in [6, 6.07) is 17.1. The van der Waals surface area contributed by atoms with Crippen molar-refractivity contribution in [3.05, 3.63) is 88.8 Å². The standard InChI is InChI=1S/C20H17ClFN3O/c21-16-6-2-4-8-18(16)25-20(26)15-9-10-19(24-13-15)23-12-11-14-5-1-3-7-17(14)22/h1-10,13H,11-12H2,(H,23,24)(H,25,26). The first kappa shape index (κ1) is 17.9. The molecule has 0 radical (unpaired) electrons. The van der Waals surface area contributed by atoms with Crippen molar-refractivity contribution >= 4 is 29.0 Å². The molecule has 0 saturated heterocycles. The summed E-state index contributed by atoms with van der Waals surface area (Å²) in [6.45, 7) is 0.541. The lowest BCUT2D eigenvalue weighted by Gasteiger charge is -2.09. The van der Waals surface area contributed by atoms with Gasteiger partial charge in [0.2, 0.25) is 0 Å². The van der Waals surface area contributed by atoms with Gasteiger partial charge in [0.25, 0.3) is 5.91 Å². The van der Waals surface area contributed by atoms with E-state index in [0.717, 1.165) is 0 Å². The minimum atomic E-state index is -0.288. The number of hydrogen-bond acceptors (Lipinski definition) is 3. The minimum Gasteiger partial charge on any atom is -0.370 e. The second-order valence-corrected chi connectivity index (χ2v) is 6.04. The number of halogens is 2. The molecule has 0 unspecified atom stereocenters. The van der Waals surface area contributed by atoms with Crippen molar-refractivity contribution in [2.75, 3.05) is 17.2 Å². The summed E-state index contributed by atoms with van der Waals surface area (Å²) in [4.78, 5) is 16.5. The van der Waals surface area contributed by atoms with Crippen LogP contribution in [0.1, 0.15) is 15.9 Å². The van der Waals surface area contributed by atoms with Gasteiger partial charge in [-0.2, -0.15) is 0 Å². The number of para-hydroxylation sites is 1. The first-order valence-electron chi connectivity index (χ1n) is 8.13. The summed E-state index contributed by atoms with van der Waals surface area (Å²) in [7, 11) is 0. The van der Waals surface area contributed by atoms with E-state index in [1.807, 2.05) is 6.07 Å². The number of pyridine rings is 1. The molecule has 2 N–H and O–H groups in total. The molecule has 0 atom stereocenters. The van der Waals surface area contributed by atoms with Crippen LogP contribution in [-0.2, 0) is 6.42 Å². The largest absolute Gasteiger partial charge is 0.370 e. The van der Waals surface area contributed by atoms with Gasteiger partial charge in [-0.3, -0.25) is 4.79 Å². The van der Waals surface area contributed by atoms with Crippen LogP contribution in [0.4, 0.5) is 15.9 Å². The SMILES string of the molecule is O=C(Nc1ccccc1Cl)c1ccc(NCCc2ccccc2F)nc1. The maximum atomic E-state index is 13.6. The van der Waals surface area contributed by atoms with E-state index in [9.17, 15) is 9.18 Å². The van der Waals surface area contributed by atoms with E-state index < -0.39 is 0 Å². The van der Waals surface area contributed by atoms with E-state index in [1.165, 1.54) is 12.3 Å². The number of hydrogen-bond donors (Lipinski definition) is 2. The summed E-state index contributed by atoms with van der Waals surface area (Å²) in [6.07, 6.45) is 2.03. The maximum Gasteiger partial charge on any atom is 0.257 e. The zero-order chi connectivity index (χ0) is 18.4. The lowest BCUT2D eigenvalue weighted by Crippen LogP contribution is -2.13. The number of benzene rings is 2. The Hall–Kier alpha value is -2.92. The van der Waals surface area contributed by atoms with Gasteiger partial charge in [-0.1, -0.05) is 41.9 Å². The predicted octanol–water partition coefficient (Wildman–Crippen LogP) is 4.78. The Morgan fingerprint density at radius 2 is 1.81 bits per heavy atom. The van der Waals surface area contributed by atoms with E-state index in [2.05, 4.69) is 15.6 Å². The summed E-state index contributed by atoms with van der Waals surface area (Å²) in [5.74, 6) is 0.119. The third kappa shape index (κ3) is 4.58. The lowest BCUT2D eigenvalue weighted by molar-refractivity contribution is 0.102. The predicted molar refractivity (Wildman–Crippen MR) is 102 cm³/mol. The molecular formula is C20H17ClFN3O. The highest BCUT2D eigenvalue weighted by Crippen LogP contribution is 2.21. The lowest BCUT2D eigenvalue weighted by atomic mass is 10.1. The van der Waals surface area contributed by atoms with Crippen LogP contribution < -0.4 is 10.6 Å². The van der Waals surface area contributed by atoms with Crippen LogP contribution in [0.3, 0.4) is 0 Å². The molecule has 2 aromatic carbocycles. The summed E-state index contributed by atoms with van der Waals surface area (Å²) in [5, 5.41) is 6.33. The van der Waals surface area contributed by atoms with E-state index in [-0.39, 0.29) is 11.7 Å². The fourth-order valence-electron chi connectivity index (χ4n) is 2.42. The van der Waals surface area contributed by atoms with Crippen molar-refractivity contribution in [1.82, 2.24) is 4.98 Å². The summed E-state index contributed by atoms with van der Waals surface area (Å²) < 4.78 is 13.6.